The number of nitro groups is 1. The number of nitrogens with zero attached hydrogens (tertiary/aromatic N) is 1. The van der Waals surface area contributed by atoms with Gasteiger partial charge < -0.3 is 20.3 Å². The van der Waals surface area contributed by atoms with Crippen LogP contribution in [0.1, 0.15) is 0 Å². The van der Waals surface area contributed by atoms with Crippen LogP contribution in [0.3, 0.4) is 0 Å². The average Bonchev–Trinajstić information content (AvgIpc) is 2.54. The van der Waals surface area contributed by atoms with Crippen molar-refractivity contribution in [2.45, 2.75) is 6.10 Å². The Morgan fingerprint density at radius 2 is 1.91 bits per heavy atom. The fourth-order valence-corrected chi connectivity index (χ4v) is 1.91. The number of rotatable bonds is 7. The van der Waals surface area contributed by atoms with Crippen LogP contribution in [0.4, 0.5) is 11.4 Å². The minimum absolute atomic E-state index is 0.0536. The summed E-state index contributed by atoms with van der Waals surface area (Å²) >= 11 is 5.79. The minimum Gasteiger partial charge on any atom is -0.457 e. The number of benzene rings is 2. The monoisotopic (exact) mass is 338 g/mol. The molecule has 1 unspecified atom stereocenters. The van der Waals surface area contributed by atoms with E-state index in [-0.39, 0.29) is 18.0 Å². The number of aliphatic hydroxyl groups excluding tert-OH is 2. The highest BCUT2D eigenvalue weighted by Gasteiger charge is 2.12. The first-order valence-corrected chi connectivity index (χ1v) is 7.11. The number of hydrogen-bond donors (Lipinski definition) is 3. The lowest BCUT2D eigenvalue weighted by atomic mass is 10.2. The van der Waals surface area contributed by atoms with Crippen molar-refractivity contribution in [1.29, 1.82) is 0 Å². The van der Waals surface area contributed by atoms with Gasteiger partial charge in [0.25, 0.3) is 5.69 Å². The first-order chi connectivity index (χ1) is 11.0. The number of nitro benzene ring substituents is 1. The Labute approximate surface area is 137 Å². The summed E-state index contributed by atoms with van der Waals surface area (Å²) in [7, 11) is 0. The zero-order valence-electron chi connectivity index (χ0n) is 12.0. The molecule has 122 valence electrons. The smallest absolute Gasteiger partial charge is 0.275 e. The summed E-state index contributed by atoms with van der Waals surface area (Å²) in [6, 6.07) is 10.7. The maximum Gasteiger partial charge on any atom is 0.275 e. The molecular weight excluding hydrogens is 324 g/mol. The van der Waals surface area contributed by atoms with Crippen molar-refractivity contribution >= 4 is 23.0 Å². The second-order valence-electron chi connectivity index (χ2n) is 4.75. The molecule has 0 fully saturated rings. The molecule has 0 bridgehead atoms. The van der Waals surface area contributed by atoms with Gasteiger partial charge in [-0.2, -0.15) is 0 Å². The summed E-state index contributed by atoms with van der Waals surface area (Å²) in [4.78, 5) is 10.5. The third kappa shape index (κ3) is 5.10. The van der Waals surface area contributed by atoms with Gasteiger partial charge >= 0.3 is 0 Å². The standard InChI is InChI=1S/C15H15ClN2O5/c16-10-1-3-14(4-2-10)23-15-6-11(17-8-13(20)9-19)5-12(7-15)18(21)22/h1-7,13,17,19-20H,8-9H2. The van der Waals surface area contributed by atoms with Crippen molar-refractivity contribution in [3.05, 3.63) is 57.6 Å². The first-order valence-electron chi connectivity index (χ1n) is 6.73. The minimum atomic E-state index is -0.963. The predicted octanol–water partition coefficient (Wildman–Crippen LogP) is 2.81. The van der Waals surface area contributed by atoms with E-state index in [1.54, 1.807) is 30.3 Å². The summed E-state index contributed by atoms with van der Waals surface area (Å²) in [5.41, 5.74) is 0.244. The molecular formula is C15H15ClN2O5. The normalized spacial score (nSPS) is 11.8. The molecule has 7 nitrogen and oxygen atoms in total. The van der Waals surface area contributed by atoms with Crippen LogP contribution in [0.25, 0.3) is 0 Å². The molecule has 0 saturated carbocycles. The Morgan fingerprint density at radius 3 is 2.52 bits per heavy atom. The second-order valence-corrected chi connectivity index (χ2v) is 5.18. The van der Waals surface area contributed by atoms with E-state index in [2.05, 4.69) is 5.32 Å². The van der Waals surface area contributed by atoms with E-state index in [1.807, 2.05) is 0 Å². The summed E-state index contributed by atoms with van der Waals surface area (Å²) in [6.07, 6.45) is -0.963. The molecule has 0 radical (unpaired) electrons. The summed E-state index contributed by atoms with van der Waals surface area (Å²) in [6.45, 7) is -0.353. The fraction of sp³-hybridized carbons (Fsp3) is 0.200. The van der Waals surface area contributed by atoms with Crippen LogP contribution in [0, 0.1) is 10.1 Å². The molecule has 2 aromatic rings. The van der Waals surface area contributed by atoms with Crippen LogP contribution in [0.15, 0.2) is 42.5 Å². The van der Waals surface area contributed by atoms with Gasteiger partial charge in [-0.1, -0.05) is 11.6 Å². The second kappa shape index (κ2) is 7.77. The molecule has 3 N–H and O–H groups in total. The number of anilines is 1. The third-order valence-corrected chi connectivity index (χ3v) is 3.16. The zero-order chi connectivity index (χ0) is 16.8. The van der Waals surface area contributed by atoms with Crippen molar-refractivity contribution in [3.63, 3.8) is 0 Å². The van der Waals surface area contributed by atoms with E-state index in [4.69, 9.17) is 21.4 Å². The Balaban J connectivity index is 2.21. The molecule has 0 heterocycles. The first kappa shape index (κ1) is 17.0. The molecule has 23 heavy (non-hydrogen) atoms. The highest BCUT2D eigenvalue weighted by atomic mass is 35.5. The van der Waals surface area contributed by atoms with Gasteiger partial charge in [0.15, 0.2) is 0 Å². The molecule has 0 saturated heterocycles. The van der Waals surface area contributed by atoms with Gasteiger partial charge in [0.05, 0.1) is 23.7 Å². The summed E-state index contributed by atoms with van der Waals surface area (Å²) in [5, 5.41) is 32.5. The number of halogens is 1. The number of ether oxygens (including phenoxy) is 1. The van der Waals surface area contributed by atoms with Gasteiger partial charge in [-0.25, -0.2) is 0 Å². The lowest BCUT2D eigenvalue weighted by Gasteiger charge is -2.12. The van der Waals surface area contributed by atoms with E-state index in [0.29, 0.717) is 16.5 Å². The van der Waals surface area contributed by atoms with E-state index < -0.39 is 17.6 Å². The number of non-ortho nitro benzene ring substituents is 1. The molecule has 8 heteroatoms. The van der Waals surface area contributed by atoms with Crippen molar-refractivity contribution in [1.82, 2.24) is 0 Å². The highest BCUT2D eigenvalue weighted by molar-refractivity contribution is 6.30. The van der Waals surface area contributed by atoms with Gasteiger partial charge in [-0.15, -0.1) is 0 Å². The molecule has 0 aliphatic heterocycles. The van der Waals surface area contributed by atoms with Gasteiger partial charge in [0, 0.05) is 29.4 Å². The van der Waals surface area contributed by atoms with Gasteiger partial charge in [0.1, 0.15) is 11.5 Å². The lowest BCUT2D eigenvalue weighted by molar-refractivity contribution is -0.384. The van der Waals surface area contributed by atoms with E-state index in [0.717, 1.165) is 0 Å². The molecule has 0 aliphatic rings. The fourth-order valence-electron chi connectivity index (χ4n) is 1.79. The van der Waals surface area contributed by atoms with Crippen LogP contribution < -0.4 is 10.1 Å². The molecule has 0 spiro atoms. The van der Waals surface area contributed by atoms with Crippen molar-refractivity contribution in [2.24, 2.45) is 0 Å². The topological polar surface area (TPSA) is 105 Å². The average molecular weight is 339 g/mol. The van der Waals surface area contributed by atoms with Gasteiger partial charge in [-0.05, 0) is 24.3 Å². The lowest BCUT2D eigenvalue weighted by Crippen LogP contribution is -2.22. The van der Waals surface area contributed by atoms with Crippen LogP contribution >= 0.6 is 11.6 Å². The molecule has 0 aliphatic carbocycles. The van der Waals surface area contributed by atoms with Crippen LogP contribution in [0.5, 0.6) is 11.5 Å². The summed E-state index contributed by atoms with van der Waals surface area (Å²) in [5.74, 6) is 0.749. The maximum atomic E-state index is 11.0. The predicted molar refractivity (Wildman–Crippen MR) is 86.2 cm³/mol. The van der Waals surface area contributed by atoms with Gasteiger partial charge in [0.2, 0.25) is 0 Å². The van der Waals surface area contributed by atoms with Crippen LogP contribution in [-0.2, 0) is 0 Å². The molecule has 1 atom stereocenters. The van der Waals surface area contributed by atoms with Crippen LogP contribution in [-0.4, -0.2) is 34.4 Å². The van der Waals surface area contributed by atoms with E-state index in [1.165, 1.54) is 12.1 Å². The van der Waals surface area contributed by atoms with E-state index in [9.17, 15) is 15.2 Å². The van der Waals surface area contributed by atoms with Crippen molar-refractivity contribution in [3.8, 4) is 11.5 Å². The maximum absolute atomic E-state index is 11.0. The van der Waals surface area contributed by atoms with Crippen LogP contribution in [0.2, 0.25) is 5.02 Å². The largest absolute Gasteiger partial charge is 0.457 e. The van der Waals surface area contributed by atoms with Gasteiger partial charge in [-0.3, -0.25) is 10.1 Å². The van der Waals surface area contributed by atoms with Crippen molar-refractivity contribution < 1.29 is 19.9 Å². The Bertz CT molecular complexity index is 678. The molecule has 0 amide bonds. The number of nitrogens with one attached hydrogen (secondary N) is 1. The Kier molecular flexibility index (Phi) is 5.75. The molecule has 2 aromatic carbocycles. The van der Waals surface area contributed by atoms with E-state index >= 15 is 0 Å². The Hall–Kier alpha value is -2.35. The zero-order valence-corrected chi connectivity index (χ0v) is 12.7. The SMILES string of the molecule is O=[N+]([O-])c1cc(NCC(O)CO)cc(Oc2ccc(Cl)cc2)c1. The quantitative estimate of drug-likeness (QED) is 0.529. The Morgan fingerprint density at radius 1 is 1.22 bits per heavy atom. The molecule has 2 rings (SSSR count). The highest BCUT2D eigenvalue weighted by Crippen LogP contribution is 2.30. The summed E-state index contributed by atoms with van der Waals surface area (Å²) < 4.78 is 5.58. The number of hydrogen-bond acceptors (Lipinski definition) is 6. The number of aliphatic hydroxyl groups is 2. The van der Waals surface area contributed by atoms with Crippen molar-refractivity contribution in [2.75, 3.05) is 18.5 Å². The third-order valence-electron chi connectivity index (χ3n) is 2.90. The molecule has 0 aromatic heterocycles.